The van der Waals surface area contributed by atoms with Gasteiger partial charge in [-0.15, -0.1) is 0 Å². The minimum atomic E-state index is -0.875. The van der Waals surface area contributed by atoms with Gasteiger partial charge in [-0.05, 0) is 19.8 Å². The van der Waals surface area contributed by atoms with E-state index in [2.05, 4.69) is 0 Å². The van der Waals surface area contributed by atoms with Gasteiger partial charge >= 0.3 is 5.97 Å². The molecule has 0 aromatic carbocycles. The first-order valence-electron chi connectivity index (χ1n) is 7.16. The van der Waals surface area contributed by atoms with E-state index in [1.165, 1.54) is 0 Å². The fraction of sp³-hybridized carbons (Fsp3) is 0.857. The van der Waals surface area contributed by atoms with Crippen molar-refractivity contribution in [2.24, 2.45) is 5.92 Å². The highest BCUT2D eigenvalue weighted by molar-refractivity contribution is 5.77. The molecule has 0 radical (unpaired) electrons. The molecule has 20 heavy (non-hydrogen) atoms. The van der Waals surface area contributed by atoms with Gasteiger partial charge < -0.3 is 19.5 Å². The molecule has 0 saturated carbocycles. The molecular formula is C14H27NO5. The molecule has 0 aliphatic rings. The summed E-state index contributed by atoms with van der Waals surface area (Å²) in [6, 6.07) is 0. The van der Waals surface area contributed by atoms with Crippen molar-refractivity contribution in [3.8, 4) is 0 Å². The molecule has 1 amide bonds. The van der Waals surface area contributed by atoms with Crippen molar-refractivity contribution in [3.63, 3.8) is 0 Å². The van der Waals surface area contributed by atoms with Gasteiger partial charge in [0, 0.05) is 39.1 Å². The quantitative estimate of drug-likeness (QED) is 0.549. The van der Waals surface area contributed by atoms with E-state index in [-0.39, 0.29) is 24.7 Å². The second-order valence-corrected chi connectivity index (χ2v) is 4.68. The Morgan fingerprint density at radius 2 is 1.55 bits per heavy atom. The van der Waals surface area contributed by atoms with E-state index in [9.17, 15) is 9.59 Å². The van der Waals surface area contributed by atoms with Gasteiger partial charge in [-0.2, -0.15) is 0 Å². The number of carboxylic acid groups (broad SMARTS) is 1. The summed E-state index contributed by atoms with van der Waals surface area (Å²) in [5.74, 6) is -1.08. The third kappa shape index (κ3) is 9.75. The molecule has 6 heteroatoms. The van der Waals surface area contributed by atoms with Gasteiger partial charge in [0.2, 0.25) is 5.91 Å². The molecule has 0 fully saturated rings. The minimum absolute atomic E-state index is 0.0104. The monoisotopic (exact) mass is 289 g/mol. The van der Waals surface area contributed by atoms with Crippen molar-refractivity contribution < 1.29 is 24.2 Å². The van der Waals surface area contributed by atoms with Crippen molar-refractivity contribution >= 4 is 11.9 Å². The summed E-state index contributed by atoms with van der Waals surface area (Å²) in [6.07, 6.45) is 0.251. The van der Waals surface area contributed by atoms with E-state index >= 15 is 0 Å². The predicted molar refractivity (Wildman–Crippen MR) is 75.6 cm³/mol. The molecule has 0 aromatic heterocycles. The lowest BCUT2D eigenvalue weighted by molar-refractivity contribution is -0.139. The zero-order valence-corrected chi connectivity index (χ0v) is 12.8. The molecule has 1 N–H and O–H groups in total. The SMILES string of the molecule is CCOCCN(CCOCC)C(=O)CC(C)CC(=O)O. The van der Waals surface area contributed by atoms with Gasteiger partial charge in [0.15, 0.2) is 0 Å². The highest BCUT2D eigenvalue weighted by Gasteiger charge is 2.18. The summed E-state index contributed by atoms with van der Waals surface area (Å²) in [5.41, 5.74) is 0. The number of hydrogen-bond acceptors (Lipinski definition) is 4. The molecular weight excluding hydrogens is 262 g/mol. The molecule has 0 aromatic rings. The topological polar surface area (TPSA) is 76.1 Å². The van der Waals surface area contributed by atoms with Crippen molar-refractivity contribution in [2.75, 3.05) is 39.5 Å². The maximum absolute atomic E-state index is 12.1. The average molecular weight is 289 g/mol. The van der Waals surface area contributed by atoms with Crippen LogP contribution in [0.15, 0.2) is 0 Å². The Hall–Kier alpha value is -1.14. The molecule has 1 atom stereocenters. The Morgan fingerprint density at radius 3 is 1.95 bits per heavy atom. The van der Waals surface area contributed by atoms with Crippen molar-refractivity contribution in [1.29, 1.82) is 0 Å². The largest absolute Gasteiger partial charge is 0.481 e. The van der Waals surface area contributed by atoms with E-state index in [0.29, 0.717) is 39.5 Å². The number of carboxylic acids is 1. The highest BCUT2D eigenvalue weighted by Crippen LogP contribution is 2.10. The van der Waals surface area contributed by atoms with Crippen LogP contribution in [0.2, 0.25) is 0 Å². The smallest absolute Gasteiger partial charge is 0.303 e. The number of nitrogens with zero attached hydrogens (tertiary/aromatic N) is 1. The zero-order chi connectivity index (χ0) is 15.4. The van der Waals surface area contributed by atoms with E-state index in [0.717, 1.165) is 0 Å². The maximum atomic E-state index is 12.1. The molecule has 1 unspecified atom stereocenters. The normalized spacial score (nSPS) is 12.2. The van der Waals surface area contributed by atoms with E-state index in [1.54, 1.807) is 11.8 Å². The van der Waals surface area contributed by atoms with Crippen LogP contribution in [0, 0.1) is 5.92 Å². The number of carbonyl (C=O) groups excluding carboxylic acids is 1. The van der Waals surface area contributed by atoms with Crippen LogP contribution in [0.1, 0.15) is 33.6 Å². The summed E-state index contributed by atoms with van der Waals surface area (Å²) in [4.78, 5) is 24.4. The fourth-order valence-electron chi connectivity index (χ4n) is 1.80. The van der Waals surface area contributed by atoms with Crippen LogP contribution in [0.4, 0.5) is 0 Å². The van der Waals surface area contributed by atoms with Gasteiger partial charge in [-0.25, -0.2) is 0 Å². The first-order chi connectivity index (χ1) is 9.51. The van der Waals surface area contributed by atoms with Crippen LogP contribution in [-0.4, -0.2) is 61.4 Å². The Bertz CT molecular complexity index is 273. The number of ether oxygens (including phenoxy) is 2. The molecule has 0 aliphatic carbocycles. The second-order valence-electron chi connectivity index (χ2n) is 4.68. The van der Waals surface area contributed by atoms with E-state index in [1.807, 2.05) is 13.8 Å². The highest BCUT2D eigenvalue weighted by atomic mass is 16.5. The standard InChI is InChI=1S/C14H27NO5/c1-4-19-8-6-15(7-9-20-5-2)13(16)10-12(3)11-14(17)18/h12H,4-11H2,1-3H3,(H,17,18). The lowest BCUT2D eigenvalue weighted by atomic mass is 10.0. The molecule has 0 rings (SSSR count). The molecule has 0 aliphatic heterocycles. The summed E-state index contributed by atoms with van der Waals surface area (Å²) in [5, 5.41) is 8.72. The minimum Gasteiger partial charge on any atom is -0.481 e. The lowest BCUT2D eigenvalue weighted by Crippen LogP contribution is -2.37. The van der Waals surface area contributed by atoms with Gasteiger partial charge in [0.1, 0.15) is 0 Å². The number of rotatable bonds is 12. The number of carbonyl (C=O) groups is 2. The summed E-state index contributed by atoms with van der Waals surface area (Å²) < 4.78 is 10.5. The summed E-state index contributed by atoms with van der Waals surface area (Å²) in [6.45, 7) is 8.81. The molecule has 6 nitrogen and oxygen atoms in total. The van der Waals surface area contributed by atoms with Gasteiger partial charge in [0.05, 0.1) is 13.2 Å². The fourth-order valence-corrected chi connectivity index (χ4v) is 1.80. The summed E-state index contributed by atoms with van der Waals surface area (Å²) in [7, 11) is 0. The Balaban J connectivity index is 4.25. The molecule has 0 saturated heterocycles. The number of hydrogen-bond donors (Lipinski definition) is 1. The van der Waals surface area contributed by atoms with Crippen LogP contribution in [0.3, 0.4) is 0 Å². The number of amides is 1. The lowest BCUT2D eigenvalue weighted by Gasteiger charge is -2.23. The zero-order valence-electron chi connectivity index (χ0n) is 12.8. The maximum Gasteiger partial charge on any atom is 0.303 e. The van der Waals surface area contributed by atoms with Gasteiger partial charge in [-0.3, -0.25) is 9.59 Å². The van der Waals surface area contributed by atoms with Gasteiger partial charge in [0.25, 0.3) is 0 Å². The van der Waals surface area contributed by atoms with Crippen molar-refractivity contribution in [2.45, 2.75) is 33.6 Å². The van der Waals surface area contributed by atoms with E-state index < -0.39 is 5.97 Å². The van der Waals surface area contributed by atoms with Crippen LogP contribution in [0.5, 0.6) is 0 Å². The van der Waals surface area contributed by atoms with E-state index in [4.69, 9.17) is 14.6 Å². The third-order valence-corrected chi connectivity index (χ3v) is 2.82. The van der Waals surface area contributed by atoms with Crippen molar-refractivity contribution in [3.05, 3.63) is 0 Å². The Labute approximate surface area is 121 Å². The van der Waals surface area contributed by atoms with Crippen LogP contribution < -0.4 is 0 Å². The van der Waals surface area contributed by atoms with Crippen molar-refractivity contribution in [1.82, 2.24) is 4.90 Å². The van der Waals surface area contributed by atoms with Crippen LogP contribution in [0.25, 0.3) is 0 Å². The molecule has 0 spiro atoms. The van der Waals surface area contributed by atoms with Crippen LogP contribution in [-0.2, 0) is 19.1 Å². The molecule has 0 bridgehead atoms. The Kier molecular flexibility index (Phi) is 11.0. The molecule has 0 heterocycles. The summed E-state index contributed by atoms with van der Waals surface area (Å²) >= 11 is 0. The first-order valence-corrected chi connectivity index (χ1v) is 7.16. The Morgan fingerprint density at radius 1 is 1.05 bits per heavy atom. The number of aliphatic carboxylic acids is 1. The average Bonchev–Trinajstić information content (AvgIpc) is 2.36. The molecule has 118 valence electrons. The second kappa shape index (κ2) is 11.7. The predicted octanol–water partition coefficient (Wildman–Crippen LogP) is 1.39. The van der Waals surface area contributed by atoms with Gasteiger partial charge in [-0.1, -0.05) is 6.92 Å². The third-order valence-electron chi connectivity index (χ3n) is 2.82. The first kappa shape index (κ1) is 18.9. The van der Waals surface area contributed by atoms with Crippen LogP contribution >= 0.6 is 0 Å².